The van der Waals surface area contributed by atoms with Crippen molar-refractivity contribution in [1.82, 2.24) is 0 Å². The monoisotopic (exact) mass is 293 g/mol. The standard InChI is InChI=1S/C13H15F4NO2/c1-8(3-2-6-13(15,16)17)18-9-4-5-11(14)10(7-9)12(19)20/h4-5,7-8,18H,2-3,6H2,1H3,(H,19,20). The first-order valence-corrected chi connectivity index (χ1v) is 6.05. The first kappa shape index (κ1) is 16.3. The van der Waals surface area contributed by atoms with Crippen molar-refractivity contribution < 1.29 is 27.5 Å². The van der Waals surface area contributed by atoms with Gasteiger partial charge in [-0.05, 0) is 38.0 Å². The summed E-state index contributed by atoms with van der Waals surface area (Å²) in [5.41, 5.74) is -0.110. The number of carboxylic acids is 1. The molecule has 1 aromatic carbocycles. The third-order valence-electron chi connectivity index (χ3n) is 2.71. The number of carbonyl (C=O) groups is 1. The summed E-state index contributed by atoms with van der Waals surface area (Å²) in [5, 5.41) is 11.6. The van der Waals surface area contributed by atoms with E-state index in [9.17, 15) is 22.4 Å². The molecule has 0 aliphatic heterocycles. The van der Waals surface area contributed by atoms with Crippen LogP contribution in [0.15, 0.2) is 18.2 Å². The SMILES string of the molecule is CC(CCCC(F)(F)F)Nc1ccc(F)c(C(=O)O)c1. The number of aromatic carboxylic acids is 1. The molecule has 7 heteroatoms. The van der Waals surface area contributed by atoms with Gasteiger partial charge in [-0.2, -0.15) is 13.2 Å². The average molecular weight is 293 g/mol. The molecule has 20 heavy (non-hydrogen) atoms. The van der Waals surface area contributed by atoms with Crippen molar-refractivity contribution in [2.75, 3.05) is 5.32 Å². The molecule has 112 valence electrons. The molecule has 0 aliphatic rings. The van der Waals surface area contributed by atoms with Crippen molar-refractivity contribution in [2.45, 2.75) is 38.4 Å². The molecular weight excluding hydrogens is 278 g/mol. The van der Waals surface area contributed by atoms with E-state index in [4.69, 9.17) is 5.11 Å². The summed E-state index contributed by atoms with van der Waals surface area (Å²) >= 11 is 0. The predicted octanol–water partition coefficient (Wildman–Crippen LogP) is 4.06. The Balaban J connectivity index is 2.56. The fourth-order valence-corrected chi connectivity index (χ4v) is 1.74. The molecular formula is C13H15F4NO2. The summed E-state index contributed by atoms with van der Waals surface area (Å²) in [6, 6.07) is 3.21. The summed E-state index contributed by atoms with van der Waals surface area (Å²) in [6.45, 7) is 1.68. The average Bonchev–Trinajstić information content (AvgIpc) is 2.29. The van der Waals surface area contributed by atoms with Gasteiger partial charge in [0.1, 0.15) is 5.82 Å². The Hall–Kier alpha value is -1.79. The summed E-state index contributed by atoms with van der Waals surface area (Å²) in [5.74, 6) is -2.25. The largest absolute Gasteiger partial charge is 0.478 e. The van der Waals surface area contributed by atoms with Gasteiger partial charge in [-0.15, -0.1) is 0 Å². The topological polar surface area (TPSA) is 49.3 Å². The minimum Gasteiger partial charge on any atom is -0.478 e. The Morgan fingerprint density at radius 3 is 2.60 bits per heavy atom. The molecule has 0 amide bonds. The highest BCUT2D eigenvalue weighted by atomic mass is 19.4. The number of hydrogen-bond donors (Lipinski definition) is 2. The molecule has 0 aliphatic carbocycles. The van der Waals surface area contributed by atoms with Gasteiger partial charge >= 0.3 is 12.1 Å². The molecule has 0 radical (unpaired) electrons. The lowest BCUT2D eigenvalue weighted by Crippen LogP contribution is -2.17. The molecule has 0 spiro atoms. The van der Waals surface area contributed by atoms with Crippen molar-refractivity contribution in [2.24, 2.45) is 0 Å². The zero-order valence-corrected chi connectivity index (χ0v) is 10.8. The molecule has 0 aromatic heterocycles. The number of alkyl halides is 3. The third kappa shape index (κ3) is 5.46. The highest BCUT2D eigenvalue weighted by Gasteiger charge is 2.26. The molecule has 1 rings (SSSR count). The van der Waals surface area contributed by atoms with E-state index in [1.165, 1.54) is 6.07 Å². The van der Waals surface area contributed by atoms with Crippen molar-refractivity contribution in [3.05, 3.63) is 29.6 Å². The summed E-state index contributed by atoms with van der Waals surface area (Å²) in [4.78, 5) is 10.7. The van der Waals surface area contributed by atoms with Gasteiger partial charge in [-0.25, -0.2) is 9.18 Å². The van der Waals surface area contributed by atoms with E-state index in [-0.39, 0.29) is 18.9 Å². The third-order valence-corrected chi connectivity index (χ3v) is 2.71. The van der Waals surface area contributed by atoms with Crippen LogP contribution in [-0.4, -0.2) is 23.3 Å². The van der Waals surface area contributed by atoms with Crippen molar-refractivity contribution in [3.8, 4) is 0 Å². The predicted molar refractivity (Wildman–Crippen MR) is 66.4 cm³/mol. The summed E-state index contributed by atoms with van der Waals surface area (Å²) < 4.78 is 49.1. The quantitative estimate of drug-likeness (QED) is 0.778. The van der Waals surface area contributed by atoms with Crippen LogP contribution in [0.2, 0.25) is 0 Å². The van der Waals surface area contributed by atoms with E-state index < -0.39 is 29.9 Å². The van der Waals surface area contributed by atoms with Crippen LogP contribution in [0.1, 0.15) is 36.5 Å². The van der Waals surface area contributed by atoms with E-state index in [0.717, 1.165) is 12.1 Å². The van der Waals surface area contributed by atoms with Crippen LogP contribution in [0.25, 0.3) is 0 Å². The first-order valence-electron chi connectivity index (χ1n) is 6.05. The van der Waals surface area contributed by atoms with Crippen LogP contribution in [0.3, 0.4) is 0 Å². The molecule has 1 aromatic rings. The van der Waals surface area contributed by atoms with E-state index in [1.54, 1.807) is 6.92 Å². The van der Waals surface area contributed by atoms with Crippen molar-refractivity contribution in [1.29, 1.82) is 0 Å². The van der Waals surface area contributed by atoms with Crippen LogP contribution in [-0.2, 0) is 0 Å². The molecule has 2 N–H and O–H groups in total. The number of anilines is 1. The van der Waals surface area contributed by atoms with Gasteiger partial charge in [0.2, 0.25) is 0 Å². The number of rotatable bonds is 6. The molecule has 0 bridgehead atoms. The molecule has 1 unspecified atom stereocenters. The van der Waals surface area contributed by atoms with Gasteiger partial charge in [0.25, 0.3) is 0 Å². The Morgan fingerprint density at radius 2 is 2.05 bits per heavy atom. The van der Waals surface area contributed by atoms with Crippen LogP contribution in [0.5, 0.6) is 0 Å². The number of halogens is 4. The van der Waals surface area contributed by atoms with Crippen LogP contribution < -0.4 is 5.32 Å². The van der Waals surface area contributed by atoms with Gasteiger partial charge in [0, 0.05) is 18.2 Å². The van der Waals surface area contributed by atoms with Crippen LogP contribution in [0, 0.1) is 5.82 Å². The molecule has 0 saturated carbocycles. The van der Waals surface area contributed by atoms with E-state index in [0.29, 0.717) is 5.69 Å². The Bertz CT molecular complexity index is 474. The fraction of sp³-hybridized carbons (Fsp3) is 0.462. The van der Waals surface area contributed by atoms with Gasteiger partial charge < -0.3 is 10.4 Å². The highest BCUT2D eigenvalue weighted by molar-refractivity contribution is 5.89. The molecule has 1 atom stereocenters. The van der Waals surface area contributed by atoms with Gasteiger partial charge in [0.15, 0.2) is 0 Å². The van der Waals surface area contributed by atoms with Crippen molar-refractivity contribution >= 4 is 11.7 Å². The normalized spacial score (nSPS) is 13.1. The van der Waals surface area contributed by atoms with Crippen LogP contribution in [0.4, 0.5) is 23.2 Å². The maximum absolute atomic E-state index is 13.2. The smallest absolute Gasteiger partial charge is 0.389 e. The minimum atomic E-state index is -4.17. The second kappa shape index (κ2) is 6.58. The summed E-state index contributed by atoms with van der Waals surface area (Å²) in [6.07, 6.45) is -4.78. The first-order chi connectivity index (χ1) is 9.19. The lowest BCUT2D eigenvalue weighted by Gasteiger charge is -2.16. The van der Waals surface area contributed by atoms with E-state index >= 15 is 0 Å². The Kier molecular flexibility index (Phi) is 5.35. The molecule has 0 heterocycles. The highest BCUT2D eigenvalue weighted by Crippen LogP contribution is 2.23. The number of hydrogen-bond acceptors (Lipinski definition) is 2. The Morgan fingerprint density at radius 1 is 1.40 bits per heavy atom. The van der Waals surface area contributed by atoms with Crippen molar-refractivity contribution in [3.63, 3.8) is 0 Å². The number of carboxylic acid groups (broad SMARTS) is 1. The number of nitrogens with one attached hydrogen (secondary N) is 1. The van der Waals surface area contributed by atoms with Gasteiger partial charge in [0.05, 0.1) is 5.56 Å². The summed E-state index contributed by atoms with van der Waals surface area (Å²) in [7, 11) is 0. The maximum atomic E-state index is 13.2. The van der Waals surface area contributed by atoms with Gasteiger partial charge in [-0.3, -0.25) is 0 Å². The van der Waals surface area contributed by atoms with E-state index in [2.05, 4.69) is 5.32 Å². The van der Waals surface area contributed by atoms with Crippen LogP contribution >= 0.6 is 0 Å². The number of benzene rings is 1. The zero-order valence-electron chi connectivity index (χ0n) is 10.8. The minimum absolute atomic E-state index is 0.0232. The second-order valence-corrected chi connectivity index (χ2v) is 4.55. The molecule has 0 saturated heterocycles. The fourth-order valence-electron chi connectivity index (χ4n) is 1.74. The second-order valence-electron chi connectivity index (χ2n) is 4.55. The lowest BCUT2D eigenvalue weighted by atomic mass is 10.1. The zero-order chi connectivity index (χ0) is 15.3. The Labute approximate surface area is 113 Å². The lowest BCUT2D eigenvalue weighted by molar-refractivity contribution is -0.135. The molecule has 3 nitrogen and oxygen atoms in total. The van der Waals surface area contributed by atoms with E-state index in [1.807, 2.05) is 0 Å². The van der Waals surface area contributed by atoms with Gasteiger partial charge in [-0.1, -0.05) is 0 Å². The maximum Gasteiger partial charge on any atom is 0.389 e. The molecule has 0 fully saturated rings.